The Balaban J connectivity index is 0.000000331. The Morgan fingerprint density at radius 1 is 0.565 bits per heavy atom. The third-order valence-corrected chi connectivity index (χ3v) is 17.7. The number of hydroxylamine groups is 2. The minimum atomic E-state index is -3.92. The fourth-order valence-corrected chi connectivity index (χ4v) is 11.1. The van der Waals surface area contributed by atoms with Crippen molar-refractivity contribution in [2.24, 2.45) is 5.92 Å². The highest BCUT2D eigenvalue weighted by molar-refractivity contribution is 7.91. The summed E-state index contributed by atoms with van der Waals surface area (Å²) in [5.41, 5.74) is 14.1. The maximum absolute atomic E-state index is 13.0. The first-order valence-electron chi connectivity index (χ1n) is 21.4. The van der Waals surface area contributed by atoms with Gasteiger partial charge in [-0.2, -0.15) is 8.61 Å². The normalized spacial score (nSPS) is 16.0. The van der Waals surface area contributed by atoms with Crippen LogP contribution in [0.2, 0.25) is 0 Å². The van der Waals surface area contributed by atoms with Crippen molar-refractivity contribution in [3.63, 3.8) is 0 Å². The van der Waals surface area contributed by atoms with Gasteiger partial charge < -0.3 is 19.3 Å². The Morgan fingerprint density at radius 3 is 1.15 bits per heavy atom. The summed E-state index contributed by atoms with van der Waals surface area (Å²) in [6.07, 6.45) is 1.08. The zero-order chi connectivity index (χ0) is 47.4. The average molecular weight is 911 g/mol. The molecule has 2 aromatic carbocycles. The fourth-order valence-electron chi connectivity index (χ4n) is 7.94. The summed E-state index contributed by atoms with van der Waals surface area (Å²) in [5, 5.41) is 17.9. The van der Waals surface area contributed by atoms with Crippen LogP contribution in [0.1, 0.15) is 106 Å². The van der Waals surface area contributed by atoms with Gasteiger partial charge in [-0.05, 0) is 154 Å². The molecule has 2 saturated heterocycles. The number of ether oxygens (including phenoxy) is 2. The van der Waals surface area contributed by atoms with Crippen molar-refractivity contribution in [2.75, 3.05) is 68.8 Å². The van der Waals surface area contributed by atoms with Crippen molar-refractivity contribution < 1.29 is 46.3 Å². The molecule has 2 fully saturated rings. The van der Waals surface area contributed by atoms with Crippen LogP contribution in [0.3, 0.4) is 0 Å². The lowest BCUT2D eigenvalue weighted by Crippen LogP contribution is -2.58. The molecule has 4 rings (SSSR count). The van der Waals surface area contributed by atoms with Crippen molar-refractivity contribution in [2.45, 2.75) is 133 Å². The largest absolute Gasteiger partial charge is 0.493 e. The molecule has 0 aliphatic carbocycles. The van der Waals surface area contributed by atoms with Gasteiger partial charge in [-0.25, -0.2) is 27.8 Å². The van der Waals surface area contributed by atoms with E-state index in [4.69, 9.17) is 19.9 Å². The Bertz CT molecular complexity index is 2110. The van der Waals surface area contributed by atoms with E-state index in [9.17, 15) is 26.4 Å². The first-order chi connectivity index (χ1) is 28.5. The molecule has 2 aromatic rings. The number of benzene rings is 2. The average Bonchev–Trinajstić information content (AvgIpc) is 3.21. The van der Waals surface area contributed by atoms with Crippen molar-refractivity contribution in [1.29, 1.82) is 0 Å². The van der Waals surface area contributed by atoms with Crippen LogP contribution in [0.4, 0.5) is 11.4 Å². The van der Waals surface area contributed by atoms with Gasteiger partial charge in [-0.3, -0.25) is 20.0 Å². The highest BCUT2D eigenvalue weighted by Gasteiger charge is 2.47. The van der Waals surface area contributed by atoms with Crippen LogP contribution in [-0.2, 0) is 29.6 Å². The van der Waals surface area contributed by atoms with E-state index < -0.39 is 41.4 Å². The predicted octanol–water partition coefficient (Wildman–Crippen LogP) is 5.52. The summed E-state index contributed by atoms with van der Waals surface area (Å²) in [7, 11) is -7.85. The van der Waals surface area contributed by atoms with Crippen molar-refractivity contribution >= 4 is 43.2 Å². The van der Waals surface area contributed by atoms with Crippen LogP contribution < -0.4 is 30.2 Å². The van der Waals surface area contributed by atoms with Gasteiger partial charge in [0.15, 0.2) is 9.49 Å². The van der Waals surface area contributed by atoms with E-state index in [0.717, 1.165) is 73.8 Å². The number of rotatable bonds is 14. The van der Waals surface area contributed by atoms with E-state index >= 15 is 0 Å². The molecule has 0 atom stereocenters. The lowest BCUT2D eigenvalue weighted by atomic mass is 9.95. The summed E-state index contributed by atoms with van der Waals surface area (Å²) in [6.45, 7) is 34.0. The van der Waals surface area contributed by atoms with Crippen LogP contribution in [-0.4, -0.2) is 122 Å². The van der Waals surface area contributed by atoms with Crippen LogP contribution in [0, 0.1) is 61.3 Å². The van der Waals surface area contributed by atoms with Crippen LogP contribution in [0.25, 0.3) is 0 Å². The second kappa shape index (κ2) is 20.4. The summed E-state index contributed by atoms with van der Waals surface area (Å²) < 4.78 is 63.3. The van der Waals surface area contributed by atoms with Gasteiger partial charge in [0.05, 0.1) is 12.7 Å². The van der Waals surface area contributed by atoms with Gasteiger partial charge in [0, 0.05) is 63.7 Å². The number of carbonyl (C=O) groups excluding carboxylic acids is 2. The number of piperazine rings is 2. The van der Waals surface area contributed by atoms with Gasteiger partial charge in [0.25, 0.3) is 11.8 Å². The monoisotopic (exact) mass is 910 g/mol. The van der Waals surface area contributed by atoms with Crippen molar-refractivity contribution in [3.8, 4) is 11.5 Å². The lowest BCUT2D eigenvalue weighted by Gasteiger charge is -2.40. The summed E-state index contributed by atoms with van der Waals surface area (Å²) in [4.78, 5) is 28.2. The summed E-state index contributed by atoms with van der Waals surface area (Å²) >= 11 is 0. The SMILES string of the molecule is Cc1c(C)c(N2CCN(S(=O)(=O)C(C)(C)C(=O)NO)CC2)c(C)c(C)c1OC(C)C.Cc1c(C)c(N2CCN(S(=O)(=O)C(C)(C)C(=O)NO)CC2)c(C)c(C)c1OCCC(C)C. The van der Waals surface area contributed by atoms with E-state index in [1.165, 1.54) is 47.3 Å². The molecule has 2 aliphatic rings. The molecular weight excluding hydrogens is 837 g/mol. The third kappa shape index (κ3) is 10.5. The molecule has 2 heterocycles. The standard InChI is InChI=1S/C23H39N3O5S.C21H35N3O5S/c1-15(2)9-14-31-21-18(5)16(3)20(17(4)19(21)6)25-10-12-26(13-11-25)32(29,30)23(7,8)22(27)24-28;1-13(2)29-19-16(5)14(3)18(15(4)17(19)6)23-9-11-24(12-10-23)30(27,28)21(7,8)20(25)22-26/h15,28H,9-14H2,1-8H3,(H,24,27);13,26H,9-12H2,1-8H3,(H,22,25). The van der Waals surface area contributed by atoms with Crippen LogP contribution in [0.5, 0.6) is 11.5 Å². The molecule has 2 amide bonds. The Morgan fingerprint density at radius 2 is 0.871 bits per heavy atom. The molecule has 0 aromatic heterocycles. The molecule has 0 unspecified atom stereocenters. The molecule has 16 nitrogen and oxygen atoms in total. The van der Waals surface area contributed by atoms with Crippen LogP contribution in [0.15, 0.2) is 0 Å². The molecular formula is C44H74N6O10S2. The fraction of sp³-hybridized carbons (Fsp3) is 0.682. The van der Waals surface area contributed by atoms with Gasteiger partial charge >= 0.3 is 0 Å². The molecule has 62 heavy (non-hydrogen) atoms. The topological polar surface area (TPSA) is 198 Å². The second-order valence-corrected chi connectivity index (χ2v) is 23.2. The van der Waals surface area contributed by atoms with Crippen LogP contribution >= 0.6 is 0 Å². The van der Waals surface area contributed by atoms with Gasteiger partial charge in [0.1, 0.15) is 11.5 Å². The Hall–Kier alpha value is -3.68. The minimum Gasteiger partial charge on any atom is -0.493 e. The molecule has 352 valence electrons. The third-order valence-electron chi connectivity index (χ3n) is 12.7. The second-order valence-electron chi connectivity index (χ2n) is 18.2. The number of nitrogens with zero attached hydrogens (tertiary/aromatic N) is 4. The van der Waals surface area contributed by atoms with E-state index in [2.05, 4.69) is 79.0 Å². The summed E-state index contributed by atoms with van der Waals surface area (Å²) in [5.74, 6) is 0.566. The predicted molar refractivity (Wildman–Crippen MR) is 245 cm³/mol. The number of hydrogen-bond acceptors (Lipinski definition) is 12. The van der Waals surface area contributed by atoms with Crippen molar-refractivity contribution in [3.05, 3.63) is 44.5 Å². The van der Waals surface area contributed by atoms with Gasteiger partial charge in [-0.1, -0.05) is 13.8 Å². The lowest BCUT2D eigenvalue weighted by molar-refractivity contribution is -0.131. The maximum atomic E-state index is 13.0. The number of amides is 2. The zero-order valence-electron chi connectivity index (χ0n) is 40.0. The molecule has 0 saturated carbocycles. The Labute approximate surface area is 371 Å². The van der Waals surface area contributed by atoms with Crippen molar-refractivity contribution in [1.82, 2.24) is 19.6 Å². The number of sulfonamides is 2. The van der Waals surface area contributed by atoms with E-state index in [1.807, 2.05) is 13.8 Å². The molecule has 0 spiro atoms. The smallest absolute Gasteiger partial charge is 0.265 e. The number of hydrogen-bond donors (Lipinski definition) is 4. The van der Waals surface area contributed by atoms with E-state index in [0.29, 0.717) is 38.7 Å². The summed E-state index contributed by atoms with van der Waals surface area (Å²) in [6, 6.07) is 0. The minimum absolute atomic E-state index is 0.0836. The molecule has 18 heteroatoms. The maximum Gasteiger partial charge on any atom is 0.265 e. The molecule has 0 bridgehead atoms. The first-order valence-corrected chi connectivity index (χ1v) is 24.3. The highest BCUT2D eigenvalue weighted by Crippen LogP contribution is 2.40. The zero-order valence-corrected chi connectivity index (χ0v) is 41.6. The highest BCUT2D eigenvalue weighted by atomic mass is 32.2. The number of nitrogens with one attached hydrogen (secondary N) is 2. The number of anilines is 2. The Kier molecular flexibility index (Phi) is 17.4. The van der Waals surface area contributed by atoms with E-state index in [-0.39, 0.29) is 32.3 Å². The quantitative estimate of drug-likeness (QED) is 0.137. The molecule has 4 N–H and O–H groups in total. The first kappa shape index (κ1) is 52.7. The van der Waals surface area contributed by atoms with Gasteiger partial charge in [0.2, 0.25) is 20.0 Å². The van der Waals surface area contributed by atoms with Gasteiger partial charge in [-0.15, -0.1) is 0 Å². The van der Waals surface area contributed by atoms with E-state index in [1.54, 1.807) is 0 Å². The number of carbonyl (C=O) groups is 2. The molecule has 0 radical (unpaired) electrons. The molecule has 2 aliphatic heterocycles.